The number of rotatable bonds is 3. The molecular formula is C12H9Br2NO4. The van der Waals surface area contributed by atoms with E-state index in [1.165, 1.54) is 19.2 Å². The Morgan fingerprint density at radius 1 is 1.47 bits per heavy atom. The number of methoxy groups -OCH3 is 1. The Balaban J connectivity index is 2.31. The molecule has 2 aromatic rings. The van der Waals surface area contributed by atoms with Crippen molar-refractivity contribution in [1.29, 1.82) is 0 Å². The van der Waals surface area contributed by atoms with E-state index in [9.17, 15) is 9.90 Å². The Morgan fingerprint density at radius 2 is 2.21 bits per heavy atom. The van der Waals surface area contributed by atoms with Crippen molar-refractivity contribution < 1.29 is 19.1 Å². The number of hydrogen-bond acceptors (Lipinski definition) is 5. The van der Waals surface area contributed by atoms with Crippen molar-refractivity contribution in [3.8, 4) is 0 Å². The number of aliphatic hydroxyl groups is 1. The van der Waals surface area contributed by atoms with E-state index in [1.807, 2.05) is 0 Å². The molecule has 19 heavy (non-hydrogen) atoms. The van der Waals surface area contributed by atoms with Crippen molar-refractivity contribution in [2.24, 2.45) is 0 Å². The van der Waals surface area contributed by atoms with Gasteiger partial charge in [0, 0.05) is 15.1 Å². The predicted octanol–water partition coefficient (Wildman–Crippen LogP) is 3.07. The van der Waals surface area contributed by atoms with Crippen LogP contribution in [-0.4, -0.2) is 23.2 Å². The number of esters is 1. The first-order valence-electron chi connectivity index (χ1n) is 5.20. The lowest BCUT2D eigenvalue weighted by atomic mass is 10.2. The quantitative estimate of drug-likeness (QED) is 0.815. The zero-order valence-electron chi connectivity index (χ0n) is 9.76. The average Bonchev–Trinajstić information content (AvgIpc) is 2.86. The van der Waals surface area contributed by atoms with E-state index in [2.05, 4.69) is 41.6 Å². The van der Waals surface area contributed by atoms with Gasteiger partial charge in [-0.05, 0) is 50.1 Å². The summed E-state index contributed by atoms with van der Waals surface area (Å²) in [6.07, 6.45) is 0.494. The first-order chi connectivity index (χ1) is 9.02. The van der Waals surface area contributed by atoms with Crippen LogP contribution in [-0.2, 0) is 4.74 Å². The summed E-state index contributed by atoms with van der Waals surface area (Å²) in [6.45, 7) is 0. The number of carbonyl (C=O) groups excluding carboxylic acids is 1. The number of carbonyl (C=O) groups is 1. The number of aromatic nitrogens is 1. The van der Waals surface area contributed by atoms with Crippen LogP contribution in [0.25, 0.3) is 0 Å². The molecule has 0 aliphatic carbocycles. The molecule has 0 saturated carbocycles. The summed E-state index contributed by atoms with van der Waals surface area (Å²) in [5, 5.41) is 10.2. The van der Waals surface area contributed by atoms with Gasteiger partial charge < -0.3 is 14.3 Å². The number of furan rings is 1. The number of aliphatic hydroxyl groups excluding tert-OH is 1. The van der Waals surface area contributed by atoms with Gasteiger partial charge in [-0.2, -0.15) is 0 Å². The standard InChI is InChI=1S/C12H9Br2NO4/c1-18-12(17)9-3-2-8(19-9)11(16)10-7(14)4-6(13)5-15-10/h2-5,11,16H,1H3. The van der Waals surface area contributed by atoms with Crippen LogP contribution < -0.4 is 0 Å². The Kier molecular flexibility index (Phi) is 4.38. The summed E-state index contributed by atoms with van der Waals surface area (Å²) in [6, 6.07) is 4.71. The molecule has 0 bridgehead atoms. The Morgan fingerprint density at radius 3 is 2.84 bits per heavy atom. The maximum Gasteiger partial charge on any atom is 0.373 e. The van der Waals surface area contributed by atoms with E-state index in [4.69, 9.17) is 4.42 Å². The monoisotopic (exact) mass is 389 g/mol. The fraction of sp³-hybridized carbons (Fsp3) is 0.167. The number of nitrogens with zero attached hydrogens (tertiary/aromatic N) is 1. The summed E-state index contributed by atoms with van der Waals surface area (Å²) >= 11 is 6.58. The van der Waals surface area contributed by atoms with Crippen LogP contribution >= 0.6 is 31.9 Å². The Hall–Kier alpha value is -1.18. The molecule has 0 amide bonds. The molecule has 0 saturated heterocycles. The van der Waals surface area contributed by atoms with E-state index >= 15 is 0 Å². The molecule has 0 spiro atoms. The van der Waals surface area contributed by atoms with Gasteiger partial charge in [-0.15, -0.1) is 0 Å². The minimum Gasteiger partial charge on any atom is -0.463 e. The summed E-state index contributed by atoms with van der Waals surface area (Å²) in [7, 11) is 1.26. The van der Waals surface area contributed by atoms with Gasteiger partial charge in [0.25, 0.3) is 0 Å². The van der Waals surface area contributed by atoms with Crippen LogP contribution in [0.4, 0.5) is 0 Å². The first-order valence-corrected chi connectivity index (χ1v) is 6.78. The molecule has 1 atom stereocenters. The maximum atomic E-state index is 11.3. The molecule has 2 aromatic heterocycles. The van der Waals surface area contributed by atoms with Crippen LogP contribution in [0.3, 0.4) is 0 Å². The molecule has 0 aromatic carbocycles. The molecule has 0 aliphatic heterocycles. The molecule has 1 unspecified atom stereocenters. The van der Waals surface area contributed by atoms with Crippen LogP contribution in [0.5, 0.6) is 0 Å². The van der Waals surface area contributed by atoms with Gasteiger partial charge in [-0.1, -0.05) is 0 Å². The third kappa shape index (κ3) is 3.05. The van der Waals surface area contributed by atoms with Crippen molar-refractivity contribution in [3.05, 3.63) is 50.6 Å². The molecular weight excluding hydrogens is 382 g/mol. The van der Waals surface area contributed by atoms with Crippen molar-refractivity contribution >= 4 is 37.8 Å². The number of pyridine rings is 1. The average molecular weight is 391 g/mol. The SMILES string of the molecule is COC(=O)c1ccc(C(O)c2ncc(Br)cc2Br)o1. The van der Waals surface area contributed by atoms with Crippen LogP contribution in [0.2, 0.25) is 0 Å². The summed E-state index contributed by atoms with van der Waals surface area (Å²) < 4.78 is 11.2. The molecule has 2 heterocycles. The first kappa shape index (κ1) is 14.2. The number of ether oxygens (including phenoxy) is 1. The highest BCUT2D eigenvalue weighted by Crippen LogP contribution is 2.29. The van der Waals surface area contributed by atoms with Gasteiger partial charge in [0.05, 0.1) is 12.8 Å². The topological polar surface area (TPSA) is 72.6 Å². The Bertz CT molecular complexity index is 612. The molecule has 100 valence electrons. The fourth-order valence-electron chi connectivity index (χ4n) is 1.47. The molecule has 0 aliphatic rings. The summed E-state index contributed by atoms with van der Waals surface area (Å²) in [5.74, 6) is -0.345. The van der Waals surface area contributed by atoms with Crippen molar-refractivity contribution in [3.63, 3.8) is 0 Å². The normalized spacial score (nSPS) is 12.2. The highest BCUT2D eigenvalue weighted by Gasteiger charge is 2.21. The van der Waals surface area contributed by atoms with Gasteiger partial charge in [-0.25, -0.2) is 4.79 Å². The maximum absolute atomic E-state index is 11.3. The molecule has 0 fully saturated rings. The van der Waals surface area contributed by atoms with Crippen LogP contribution in [0, 0.1) is 0 Å². The van der Waals surface area contributed by atoms with Gasteiger partial charge >= 0.3 is 5.97 Å². The third-order valence-corrected chi connectivity index (χ3v) is 3.45. The highest BCUT2D eigenvalue weighted by molar-refractivity contribution is 9.11. The number of hydrogen-bond donors (Lipinski definition) is 1. The zero-order valence-corrected chi connectivity index (χ0v) is 12.9. The smallest absolute Gasteiger partial charge is 0.373 e. The molecule has 7 heteroatoms. The fourth-order valence-corrected chi connectivity index (χ4v) is 2.68. The van der Waals surface area contributed by atoms with Gasteiger partial charge in [0.1, 0.15) is 5.76 Å². The summed E-state index contributed by atoms with van der Waals surface area (Å²) in [5.41, 5.74) is 0.397. The highest BCUT2D eigenvalue weighted by atomic mass is 79.9. The Labute approximate surface area is 125 Å². The minimum atomic E-state index is -1.07. The lowest BCUT2D eigenvalue weighted by molar-refractivity contribution is 0.0557. The molecule has 5 nitrogen and oxygen atoms in total. The van der Waals surface area contributed by atoms with E-state index in [-0.39, 0.29) is 11.5 Å². The second-order valence-electron chi connectivity index (χ2n) is 3.62. The second-order valence-corrected chi connectivity index (χ2v) is 5.39. The summed E-state index contributed by atoms with van der Waals surface area (Å²) in [4.78, 5) is 15.4. The lowest BCUT2D eigenvalue weighted by Gasteiger charge is -2.09. The van der Waals surface area contributed by atoms with E-state index in [1.54, 1.807) is 12.3 Å². The van der Waals surface area contributed by atoms with Crippen LogP contribution in [0.15, 0.2) is 37.8 Å². The van der Waals surface area contributed by atoms with E-state index in [0.717, 1.165) is 4.47 Å². The third-order valence-electron chi connectivity index (χ3n) is 2.38. The number of halogens is 2. The molecule has 0 radical (unpaired) electrons. The molecule has 1 N–H and O–H groups in total. The van der Waals surface area contributed by atoms with E-state index < -0.39 is 12.1 Å². The van der Waals surface area contributed by atoms with Gasteiger partial charge in [0.15, 0.2) is 6.10 Å². The van der Waals surface area contributed by atoms with E-state index in [0.29, 0.717) is 10.2 Å². The largest absolute Gasteiger partial charge is 0.463 e. The molecule has 2 rings (SSSR count). The minimum absolute atomic E-state index is 0.0322. The van der Waals surface area contributed by atoms with Crippen molar-refractivity contribution in [2.45, 2.75) is 6.10 Å². The second kappa shape index (κ2) is 5.85. The van der Waals surface area contributed by atoms with Crippen molar-refractivity contribution in [1.82, 2.24) is 4.98 Å². The van der Waals surface area contributed by atoms with Gasteiger partial charge in [0.2, 0.25) is 5.76 Å². The van der Waals surface area contributed by atoms with Gasteiger partial charge in [-0.3, -0.25) is 4.98 Å². The zero-order chi connectivity index (χ0) is 14.0. The van der Waals surface area contributed by atoms with Crippen molar-refractivity contribution in [2.75, 3.05) is 7.11 Å². The predicted molar refractivity (Wildman–Crippen MR) is 73.7 cm³/mol. The lowest BCUT2D eigenvalue weighted by Crippen LogP contribution is -2.03. The van der Waals surface area contributed by atoms with Crippen LogP contribution in [0.1, 0.15) is 28.1 Å².